The van der Waals surface area contributed by atoms with Gasteiger partial charge in [-0.05, 0) is 55.7 Å². The van der Waals surface area contributed by atoms with Crippen LogP contribution in [-0.4, -0.2) is 44.9 Å². The molecule has 0 N–H and O–H groups in total. The van der Waals surface area contributed by atoms with Crippen molar-refractivity contribution in [2.75, 3.05) is 20.0 Å². The third-order valence-corrected chi connectivity index (χ3v) is 7.88. The van der Waals surface area contributed by atoms with Crippen molar-refractivity contribution in [2.45, 2.75) is 51.1 Å². The zero-order chi connectivity index (χ0) is 26.7. The van der Waals surface area contributed by atoms with E-state index < -0.39 is 10.1 Å². The Labute approximate surface area is 223 Å². The highest BCUT2D eigenvalue weighted by Crippen LogP contribution is 2.51. The van der Waals surface area contributed by atoms with Gasteiger partial charge in [0.15, 0.2) is 18.7 Å². The van der Waals surface area contributed by atoms with Crippen LogP contribution in [0.4, 0.5) is 4.39 Å². The smallest absolute Gasteiger partial charge is 0.343 e. The Hall–Kier alpha value is -1.93. The summed E-state index contributed by atoms with van der Waals surface area (Å²) in [4.78, 5) is 0. The SMILES string of the molecule is C=CC[C@@]1(C)C[C@H](c2cc(F)cc(Cl)c2)[C@@H](c2ccc(Cl)cc2)[N+]2=C1OC[C@@H]2CC.COS(C)(=O)=O. The van der Waals surface area contributed by atoms with Gasteiger partial charge in [-0.25, -0.2) is 4.39 Å². The van der Waals surface area contributed by atoms with E-state index in [1.54, 1.807) is 6.07 Å². The van der Waals surface area contributed by atoms with Gasteiger partial charge in [0.1, 0.15) is 5.82 Å². The number of halogens is 3. The summed E-state index contributed by atoms with van der Waals surface area (Å²) in [6.07, 6.45) is 5.52. The third-order valence-electron chi connectivity index (χ3n) is 6.80. The van der Waals surface area contributed by atoms with Crippen LogP contribution in [-0.2, 0) is 19.0 Å². The Morgan fingerprint density at radius 2 is 1.83 bits per heavy atom. The first kappa shape index (κ1) is 28.6. The summed E-state index contributed by atoms with van der Waals surface area (Å²) in [5.74, 6) is 0.758. The topological polar surface area (TPSA) is 55.6 Å². The van der Waals surface area contributed by atoms with E-state index in [1.165, 1.54) is 6.07 Å². The first-order valence-electron chi connectivity index (χ1n) is 11.8. The first-order valence-corrected chi connectivity index (χ1v) is 14.4. The summed E-state index contributed by atoms with van der Waals surface area (Å²) < 4.78 is 46.6. The lowest BCUT2D eigenvalue weighted by atomic mass is 9.69. The van der Waals surface area contributed by atoms with Gasteiger partial charge in [-0.15, -0.1) is 6.58 Å². The maximum Gasteiger partial charge on any atom is 0.343 e. The lowest BCUT2D eigenvalue weighted by molar-refractivity contribution is -0.610. The van der Waals surface area contributed by atoms with E-state index in [9.17, 15) is 12.8 Å². The number of nitrogens with zero attached hydrogens (tertiary/aromatic N) is 1. The van der Waals surface area contributed by atoms with Crippen LogP contribution in [0.15, 0.2) is 55.1 Å². The molecular formula is C27H33Cl2FNO4S+. The summed E-state index contributed by atoms with van der Waals surface area (Å²) in [5.41, 5.74) is 1.85. The van der Waals surface area contributed by atoms with Crippen molar-refractivity contribution in [2.24, 2.45) is 5.41 Å². The van der Waals surface area contributed by atoms with Gasteiger partial charge in [-0.2, -0.15) is 13.0 Å². The van der Waals surface area contributed by atoms with Gasteiger partial charge in [0.25, 0.3) is 10.1 Å². The molecule has 0 aliphatic carbocycles. The zero-order valence-corrected chi connectivity index (χ0v) is 23.3. The molecule has 0 radical (unpaired) electrons. The zero-order valence-electron chi connectivity index (χ0n) is 21.0. The Bertz CT molecular complexity index is 1210. The number of ether oxygens (including phenoxy) is 1. The molecule has 36 heavy (non-hydrogen) atoms. The summed E-state index contributed by atoms with van der Waals surface area (Å²) in [6, 6.07) is 13.1. The highest BCUT2D eigenvalue weighted by atomic mass is 35.5. The first-order chi connectivity index (χ1) is 16.9. The Kier molecular flexibility index (Phi) is 9.25. The third kappa shape index (κ3) is 6.49. The molecule has 5 nitrogen and oxygen atoms in total. The summed E-state index contributed by atoms with van der Waals surface area (Å²) in [5, 5.41) is 1.12. The van der Waals surface area contributed by atoms with Gasteiger partial charge in [-0.3, -0.25) is 4.18 Å². The molecule has 4 atom stereocenters. The summed E-state index contributed by atoms with van der Waals surface area (Å²) >= 11 is 12.4. The number of hydrogen-bond donors (Lipinski definition) is 0. The van der Waals surface area contributed by atoms with E-state index in [2.05, 4.69) is 41.3 Å². The molecule has 2 aromatic rings. The summed E-state index contributed by atoms with van der Waals surface area (Å²) in [6.45, 7) is 9.06. The van der Waals surface area contributed by atoms with E-state index in [0.717, 1.165) is 49.7 Å². The predicted octanol–water partition coefficient (Wildman–Crippen LogP) is 6.76. The van der Waals surface area contributed by atoms with E-state index in [1.807, 2.05) is 24.3 Å². The average molecular weight is 558 g/mol. The van der Waals surface area contributed by atoms with Crippen LogP contribution in [0.1, 0.15) is 56.2 Å². The highest BCUT2D eigenvalue weighted by Gasteiger charge is 2.56. The van der Waals surface area contributed by atoms with Crippen molar-refractivity contribution >= 4 is 39.2 Å². The second kappa shape index (κ2) is 11.6. The molecule has 4 rings (SSSR count). The Balaban J connectivity index is 0.000000538. The Morgan fingerprint density at radius 1 is 1.19 bits per heavy atom. The number of benzene rings is 2. The number of allylic oxidation sites excluding steroid dienone is 1. The van der Waals surface area contributed by atoms with Crippen molar-refractivity contribution < 1.29 is 26.3 Å². The molecule has 0 bridgehead atoms. The van der Waals surface area contributed by atoms with Crippen molar-refractivity contribution in [3.63, 3.8) is 0 Å². The molecule has 0 fully saturated rings. The van der Waals surface area contributed by atoms with Crippen LogP contribution in [0.25, 0.3) is 0 Å². The molecule has 2 heterocycles. The maximum atomic E-state index is 14.4. The fourth-order valence-electron chi connectivity index (χ4n) is 5.16. The number of hydrogen-bond acceptors (Lipinski definition) is 4. The number of rotatable bonds is 6. The molecule has 0 saturated heterocycles. The normalized spacial score (nSPS) is 25.5. The lowest BCUT2D eigenvalue weighted by Gasteiger charge is -2.38. The maximum absolute atomic E-state index is 14.4. The summed E-state index contributed by atoms with van der Waals surface area (Å²) in [7, 11) is -2.04. The standard InChI is InChI=1S/C25H27Cl2FNO.C2H6O3S/c1-4-10-25(3)14-22(17-11-19(27)13-20(28)12-17)23(16-6-8-18(26)9-7-16)29-21(5-2)15-30-24(25)29;1-5-6(2,3)4/h4,6-9,11-13,21-23H,1,5,10,14-15H2,2-3H3;1-2H3/q+1;/t21-,22+,23+,25-;/m0./s1. The van der Waals surface area contributed by atoms with Crippen LogP contribution in [0.3, 0.4) is 0 Å². The van der Waals surface area contributed by atoms with E-state index in [-0.39, 0.29) is 29.2 Å². The monoisotopic (exact) mass is 556 g/mol. The van der Waals surface area contributed by atoms with Crippen LogP contribution in [0.5, 0.6) is 0 Å². The predicted molar refractivity (Wildman–Crippen MR) is 143 cm³/mol. The van der Waals surface area contributed by atoms with Gasteiger partial charge in [0.2, 0.25) is 0 Å². The molecule has 0 saturated carbocycles. The van der Waals surface area contributed by atoms with Gasteiger partial charge >= 0.3 is 5.90 Å². The molecule has 196 valence electrons. The van der Waals surface area contributed by atoms with E-state index in [4.69, 9.17) is 27.9 Å². The van der Waals surface area contributed by atoms with Gasteiger partial charge in [-0.1, -0.05) is 48.3 Å². The van der Waals surface area contributed by atoms with Gasteiger partial charge < -0.3 is 4.74 Å². The fourth-order valence-corrected chi connectivity index (χ4v) is 5.52. The highest BCUT2D eigenvalue weighted by molar-refractivity contribution is 7.85. The average Bonchev–Trinajstić information content (AvgIpc) is 3.24. The Morgan fingerprint density at radius 3 is 2.36 bits per heavy atom. The van der Waals surface area contributed by atoms with Crippen LogP contribution < -0.4 is 0 Å². The van der Waals surface area contributed by atoms with Gasteiger partial charge in [0, 0.05) is 22.0 Å². The molecule has 0 spiro atoms. The molecule has 9 heteroatoms. The van der Waals surface area contributed by atoms with Crippen LogP contribution in [0, 0.1) is 11.2 Å². The second-order valence-electron chi connectivity index (χ2n) is 9.52. The van der Waals surface area contributed by atoms with Gasteiger partial charge in [0.05, 0.1) is 24.7 Å². The molecule has 0 aromatic heterocycles. The van der Waals surface area contributed by atoms with E-state index >= 15 is 0 Å². The molecule has 2 aromatic carbocycles. The second-order valence-corrected chi connectivity index (χ2v) is 12.1. The molecular weight excluding hydrogens is 524 g/mol. The lowest BCUT2D eigenvalue weighted by Crippen LogP contribution is -2.45. The van der Waals surface area contributed by atoms with Crippen molar-refractivity contribution in [3.05, 3.63) is 82.1 Å². The minimum absolute atomic E-state index is 0.0143. The van der Waals surface area contributed by atoms with Crippen molar-refractivity contribution in [1.29, 1.82) is 0 Å². The van der Waals surface area contributed by atoms with E-state index in [0.29, 0.717) is 16.7 Å². The minimum Gasteiger partial charge on any atom is -0.441 e. The molecule has 2 aliphatic rings. The van der Waals surface area contributed by atoms with Crippen molar-refractivity contribution in [3.8, 4) is 0 Å². The van der Waals surface area contributed by atoms with Crippen molar-refractivity contribution in [1.82, 2.24) is 0 Å². The van der Waals surface area contributed by atoms with Crippen LogP contribution >= 0.6 is 23.2 Å². The quantitative estimate of drug-likeness (QED) is 0.224. The fraction of sp³-hybridized carbons (Fsp3) is 0.444. The molecule has 0 amide bonds. The largest absolute Gasteiger partial charge is 0.441 e. The minimum atomic E-state index is -3.16. The molecule has 0 unspecified atom stereocenters. The van der Waals surface area contributed by atoms with Crippen LogP contribution in [0.2, 0.25) is 10.0 Å². The molecule has 2 aliphatic heterocycles.